The third kappa shape index (κ3) is 3.62. The summed E-state index contributed by atoms with van der Waals surface area (Å²) in [6.07, 6.45) is 1.58. The van der Waals surface area contributed by atoms with Crippen molar-refractivity contribution in [2.75, 3.05) is 0 Å². The van der Waals surface area contributed by atoms with Gasteiger partial charge in [0.25, 0.3) is 0 Å². The molecule has 0 rings (SSSR count). The van der Waals surface area contributed by atoms with Crippen LogP contribution in [-0.4, -0.2) is 33.6 Å². The van der Waals surface area contributed by atoms with Gasteiger partial charge in [0, 0.05) is 11.3 Å². The van der Waals surface area contributed by atoms with E-state index in [-0.39, 0.29) is 28.7 Å². The maximum absolute atomic E-state index is 11.6. The van der Waals surface area contributed by atoms with Gasteiger partial charge in [-0.2, -0.15) is 0 Å². The fourth-order valence-electron chi connectivity index (χ4n) is 0.958. The summed E-state index contributed by atoms with van der Waals surface area (Å²) in [7, 11) is -2.87. The van der Waals surface area contributed by atoms with Crippen LogP contribution in [0.5, 0.6) is 0 Å². The molecule has 1 N–H and O–H groups in total. The monoisotopic (exact) mass is 208 g/mol. The van der Waals surface area contributed by atoms with Crippen molar-refractivity contribution >= 4 is 24.7 Å². The first kappa shape index (κ1) is 15.2. The van der Waals surface area contributed by atoms with E-state index < -0.39 is 7.37 Å². The van der Waals surface area contributed by atoms with Gasteiger partial charge in [-0.05, 0) is 12.8 Å². The van der Waals surface area contributed by atoms with E-state index in [0.29, 0.717) is 0 Å². The summed E-state index contributed by atoms with van der Waals surface area (Å²) in [4.78, 5) is 9.61. The Morgan fingerprint density at radius 3 is 1.58 bits per heavy atom. The SMILES string of the molecule is CCC(C)P(=O)(O)C(C)CC.[AlH3]. The lowest BCUT2D eigenvalue weighted by atomic mass is 10.4. The van der Waals surface area contributed by atoms with Crippen LogP contribution in [0.4, 0.5) is 0 Å². The van der Waals surface area contributed by atoms with E-state index in [9.17, 15) is 9.46 Å². The van der Waals surface area contributed by atoms with Crippen molar-refractivity contribution in [2.24, 2.45) is 0 Å². The largest absolute Gasteiger partial charge is 0.344 e. The molecule has 0 saturated heterocycles. The lowest BCUT2D eigenvalue weighted by Gasteiger charge is -2.23. The Balaban J connectivity index is 0. The number of hydrogen-bond donors (Lipinski definition) is 1. The van der Waals surface area contributed by atoms with Gasteiger partial charge in [0.05, 0.1) is 0 Å². The molecule has 74 valence electrons. The van der Waals surface area contributed by atoms with Crippen LogP contribution in [0.2, 0.25) is 0 Å². The summed E-state index contributed by atoms with van der Waals surface area (Å²) in [5.41, 5.74) is -0.0881. The lowest BCUT2D eigenvalue weighted by Crippen LogP contribution is -2.11. The summed E-state index contributed by atoms with van der Waals surface area (Å²) in [6.45, 7) is 7.62. The van der Waals surface area contributed by atoms with Crippen LogP contribution in [0.3, 0.4) is 0 Å². The molecule has 0 aliphatic carbocycles. The maximum atomic E-state index is 11.6. The maximum Gasteiger partial charge on any atom is 0.206 e. The van der Waals surface area contributed by atoms with Gasteiger partial charge in [-0.3, -0.25) is 4.57 Å². The van der Waals surface area contributed by atoms with Crippen molar-refractivity contribution in [1.82, 2.24) is 0 Å². The standard InChI is InChI=1S/C8H19O2P.Al.3H/c1-5-7(3)11(9,10)8(4)6-2;;;;/h7-8H,5-6H2,1-4H3,(H,9,10);;;;. The second-order valence-corrected chi connectivity index (χ2v) is 6.30. The van der Waals surface area contributed by atoms with Gasteiger partial charge >= 0.3 is 0 Å². The van der Waals surface area contributed by atoms with E-state index in [2.05, 4.69) is 0 Å². The third-order valence-corrected chi connectivity index (χ3v) is 5.70. The van der Waals surface area contributed by atoms with E-state index in [1.54, 1.807) is 0 Å². The molecule has 0 aromatic carbocycles. The molecule has 12 heavy (non-hydrogen) atoms. The molecule has 2 unspecified atom stereocenters. The lowest BCUT2D eigenvalue weighted by molar-refractivity contribution is 0.449. The third-order valence-electron chi connectivity index (χ3n) is 2.44. The molecular weight excluding hydrogens is 186 g/mol. The van der Waals surface area contributed by atoms with Crippen LogP contribution in [0, 0.1) is 0 Å². The minimum Gasteiger partial charge on any atom is -0.344 e. The van der Waals surface area contributed by atoms with Crippen molar-refractivity contribution in [2.45, 2.75) is 51.9 Å². The summed E-state index contributed by atoms with van der Waals surface area (Å²) < 4.78 is 11.6. The molecule has 0 saturated carbocycles. The smallest absolute Gasteiger partial charge is 0.206 e. The molecule has 0 bridgehead atoms. The summed E-state index contributed by atoms with van der Waals surface area (Å²) in [5, 5.41) is 0. The van der Waals surface area contributed by atoms with Crippen LogP contribution in [0.25, 0.3) is 0 Å². The van der Waals surface area contributed by atoms with Gasteiger partial charge in [0.2, 0.25) is 7.37 Å². The highest BCUT2D eigenvalue weighted by atomic mass is 31.2. The fraction of sp³-hybridized carbons (Fsp3) is 1.00. The molecule has 2 nitrogen and oxygen atoms in total. The van der Waals surface area contributed by atoms with Crippen LogP contribution in [0.15, 0.2) is 0 Å². The van der Waals surface area contributed by atoms with Gasteiger partial charge in [-0.15, -0.1) is 0 Å². The normalized spacial score (nSPS) is 20.4. The molecule has 0 aliphatic rings. The second kappa shape index (κ2) is 6.22. The van der Waals surface area contributed by atoms with Crippen LogP contribution in [-0.2, 0) is 4.57 Å². The Hall–Kier alpha value is 0.722. The Labute approximate surface area is 86.3 Å². The number of rotatable bonds is 4. The molecule has 0 radical (unpaired) electrons. The van der Waals surface area contributed by atoms with Crippen molar-refractivity contribution in [1.29, 1.82) is 0 Å². The predicted octanol–water partition coefficient (Wildman–Crippen LogP) is 1.67. The molecule has 0 fully saturated rings. The molecule has 0 aliphatic heterocycles. The van der Waals surface area contributed by atoms with Gasteiger partial charge in [-0.1, -0.05) is 27.7 Å². The minimum atomic E-state index is -2.87. The predicted molar refractivity (Wildman–Crippen MR) is 59.3 cm³/mol. The second-order valence-electron chi connectivity index (χ2n) is 3.19. The molecule has 0 heterocycles. The van der Waals surface area contributed by atoms with E-state index in [1.165, 1.54) is 0 Å². The van der Waals surface area contributed by atoms with Crippen LogP contribution >= 0.6 is 7.37 Å². The van der Waals surface area contributed by atoms with Gasteiger partial charge < -0.3 is 4.89 Å². The zero-order valence-corrected chi connectivity index (χ0v) is 8.77. The van der Waals surface area contributed by atoms with Crippen molar-refractivity contribution < 1.29 is 9.46 Å². The molecule has 0 aromatic rings. The highest BCUT2D eigenvalue weighted by Gasteiger charge is 2.30. The van der Waals surface area contributed by atoms with E-state index in [0.717, 1.165) is 12.8 Å². The minimum absolute atomic E-state index is 0. The van der Waals surface area contributed by atoms with E-state index in [1.807, 2.05) is 27.7 Å². The summed E-state index contributed by atoms with van der Waals surface area (Å²) in [5.74, 6) is 0. The van der Waals surface area contributed by atoms with Crippen LogP contribution in [0.1, 0.15) is 40.5 Å². The first-order chi connectivity index (χ1) is 4.96. The molecule has 0 aromatic heterocycles. The molecule has 4 heteroatoms. The van der Waals surface area contributed by atoms with E-state index in [4.69, 9.17) is 0 Å². The first-order valence-electron chi connectivity index (χ1n) is 4.28. The summed E-state index contributed by atoms with van der Waals surface area (Å²) in [6, 6.07) is 0. The average molecular weight is 208 g/mol. The Kier molecular flexibility index (Phi) is 7.88. The van der Waals surface area contributed by atoms with Crippen LogP contribution < -0.4 is 0 Å². The zero-order valence-electron chi connectivity index (χ0n) is 7.87. The average Bonchev–Trinajstić information content (AvgIpc) is 2.01. The van der Waals surface area contributed by atoms with Gasteiger partial charge in [-0.25, -0.2) is 0 Å². The summed E-state index contributed by atoms with van der Waals surface area (Å²) >= 11 is 0. The Bertz CT molecular complexity index is 147. The highest BCUT2D eigenvalue weighted by molar-refractivity contribution is 7.59. The fourth-order valence-corrected chi connectivity index (χ4v) is 2.87. The quantitative estimate of drug-likeness (QED) is 0.563. The molecule has 0 spiro atoms. The number of hydrogen-bond acceptors (Lipinski definition) is 1. The highest BCUT2D eigenvalue weighted by Crippen LogP contribution is 2.53. The molecule has 0 amide bonds. The Morgan fingerprint density at radius 1 is 1.17 bits per heavy atom. The van der Waals surface area contributed by atoms with E-state index >= 15 is 0 Å². The van der Waals surface area contributed by atoms with Crippen molar-refractivity contribution in [3.8, 4) is 0 Å². The molecule has 2 atom stereocenters. The van der Waals surface area contributed by atoms with Gasteiger partial charge in [0.15, 0.2) is 17.4 Å². The van der Waals surface area contributed by atoms with Gasteiger partial charge in [0.1, 0.15) is 0 Å². The first-order valence-corrected chi connectivity index (χ1v) is 6.08. The zero-order chi connectivity index (χ0) is 9.07. The topological polar surface area (TPSA) is 37.3 Å². The Morgan fingerprint density at radius 2 is 1.42 bits per heavy atom. The van der Waals surface area contributed by atoms with Crippen molar-refractivity contribution in [3.63, 3.8) is 0 Å². The molecular formula is C8H22AlO2P. The van der Waals surface area contributed by atoms with Crippen molar-refractivity contribution in [3.05, 3.63) is 0 Å².